The predicted molar refractivity (Wildman–Crippen MR) is 145 cm³/mol. The number of carbonyl (C=O) groups excluding carboxylic acids is 1. The van der Waals surface area contributed by atoms with Crippen LogP contribution >= 0.6 is 22.9 Å². The van der Waals surface area contributed by atoms with Gasteiger partial charge in [0.15, 0.2) is 4.80 Å². The van der Waals surface area contributed by atoms with Crippen LogP contribution in [0, 0.1) is 0 Å². The Morgan fingerprint density at radius 3 is 2.67 bits per heavy atom. The molecule has 0 saturated carbocycles. The van der Waals surface area contributed by atoms with Crippen molar-refractivity contribution in [2.45, 2.75) is 13.0 Å². The first kappa shape index (κ1) is 26.2. The van der Waals surface area contributed by atoms with Gasteiger partial charge >= 0.3 is 11.9 Å². The largest absolute Gasteiger partial charge is 0.496 e. The lowest BCUT2D eigenvalue weighted by molar-refractivity contribution is -0.136. The summed E-state index contributed by atoms with van der Waals surface area (Å²) < 4.78 is 18.2. The number of esters is 1. The van der Waals surface area contributed by atoms with Gasteiger partial charge in [-0.05, 0) is 49.4 Å². The zero-order valence-corrected chi connectivity index (χ0v) is 22.5. The number of ether oxygens (including phenoxy) is 2. The van der Waals surface area contributed by atoms with Gasteiger partial charge in [-0.1, -0.05) is 35.1 Å². The topological polar surface area (TPSA) is 120 Å². The van der Waals surface area contributed by atoms with Crippen molar-refractivity contribution in [2.24, 2.45) is 4.99 Å². The van der Waals surface area contributed by atoms with Crippen molar-refractivity contribution in [1.29, 1.82) is 0 Å². The third kappa shape index (κ3) is 4.80. The maximum Gasteiger partial charge on any atom is 0.338 e. The molecule has 198 valence electrons. The quantitative estimate of drug-likeness (QED) is 0.351. The van der Waals surface area contributed by atoms with Gasteiger partial charge in [0.25, 0.3) is 5.56 Å². The number of fused-ring (bicyclic) bond motifs is 1. The number of carbonyl (C=O) groups is 2. The van der Waals surface area contributed by atoms with E-state index in [2.05, 4.69) is 4.99 Å². The zero-order chi connectivity index (χ0) is 27.8. The van der Waals surface area contributed by atoms with Gasteiger partial charge in [0.1, 0.15) is 23.3 Å². The van der Waals surface area contributed by atoms with E-state index in [0.717, 1.165) is 11.3 Å². The van der Waals surface area contributed by atoms with Crippen LogP contribution in [0.1, 0.15) is 34.6 Å². The molecule has 0 bridgehead atoms. The summed E-state index contributed by atoms with van der Waals surface area (Å²) in [6.45, 7) is 1.68. The van der Waals surface area contributed by atoms with Crippen molar-refractivity contribution < 1.29 is 28.6 Å². The standard InChI is InChI=1S/C28H21ClN2O7S/c1-14-23(27(35)37-3)24(19-12-17(29)7-9-21(19)36-2)31-25(32)22(39-28(31)30-14)13-18-8-10-20(38-18)15-5-4-6-16(11-15)26(33)34/h4-13,24H,1-3H3,(H,33,34)/b22-13-/t24-/m0/s1. The molecule has 11 heteroatoms. The highest BCUT2D eigenvalue weighted by Gasteiger charge is 2.35. The predicted octanol–water partition coefficient (Wildman–Crippen LogP) is 4.03. The number of carboxylic acid groups (broad SMARTS) is 1. The number of hydrogen-bond donors (Lipinski definition) is 1. The molecule has 0 unspecified atom stereocenters. The number of carboxylic acids is 1. The molecule has 1 aliphatic heterocycles. The molecule has 39 heavy (non-hydrogen) atoms. The third-order valence-corrected chi connectivity index (χ3v) is 7.43. The Labute approximate surface area is 230 Å². The minimum atomic E-state index is -1.04. The van der Waals surface area contributed by atoms with E-state index in [1.807, 2.05) is 0 Å². The van der Waals surface area contributed by atoms with Crippen molar-refractivity contribution in [3.8, 4) is 17.1 Å². The fourth-order valence-corrected chi connectivity index (χ4v) is 5.63. The number of hydrogen-bond acceptors (Lipinski definition) is 8. The molecular weight excluding hydrogens is 544 g/mol. The number of allylic oxidation sites excluding steroid dienone is 1. The third-order valence-electron chi connectivity index (χ3n) is 6.21. The highest BCUT2D eigenvalue weighted by Crippen LogP contribution is 2.37. The molecule has 0 fully saturated rings. The highest BCUT2D eigenvalue weighted by molar-refractivity contribution is 7.07. The molecule has 9 nitrogen and oxygen atoms in total. The van der Waals surface area contributed by atoms with Gasteiger partial charge in [0.05, 0.1) is 35.6 Å². The highest BCUT2D eigenvalue weighted by atomic mass is 35.5. The molecule has 1 N–H and O–H groups in total. The van der Waals surface area contributed by atoms with Gasteiger partial charge in [-0.25, -0.2) is 14.6 Å². The Balaban J connectivity index is 1.66. The minimum absolute atomic E-state index is 0.131. The molecule has 1 aliphatic rings. The van der Waals surface area contributed by atoms with Crippen LogP contribution in [0.4, 0.5) is 0 Å². The Hall–Kier alpha value is -4.41. The fraction of sp³-hybridized carbons (Fsp3) is 0.143. The minimum Gasteiger partial charge on any atom is -0.496 e. The molecular formula is C28H21ClN2O7S. The summed E-state index contributed by atoms with van der Waals surface area (Å²) in [6.07, 6.45) is 1.58. The Bertz CT molecular complexity index is 1850. The van der Waals surface area contributed by atoms with Gasteiger partial charge in [-0.2, -0.15) is 0 Å². The zero-order valence-electron chi connectivity index (χ0n) is 20.9. The van der Waals surface area contributed by atoms with Gasteiger partial charge in [-0.15, -0.1) is 0 Å². The van der Waals surface area contributed by atoms with E-state index >= 15 is 0 Å². The number of thiazole rings is 1. The number of methoxy groups -OCH3 is 2. The second-order valence-electron chi connectivity index (χ2n) is 8.55. The van der Waals surface area contributed by atoms with Crippen LogP contribution in [0.15, 0.2) is 80.1 Å². The van der Waals surface area contributed by atoms with Crippen molar-refractivity contribution in [1.82, 2.24) is 4.57 Å². The lowest BCUT2D eigenvalue weighted by atomic mass is 9.95. The summed E-state index contributed by atoms with van der Waals surface area (Å²) in [6, 6.07) is 13.8. The van der Waals surface area contributed by atoms with Gasteiger partial charge < -0.3 is 19.0 Å². The average Bonchev–Trinajstić information content (AvgIpc) is 3.52. The van der Waals surface area contributed by atoms with Crippen molar-refractivity contribution in [3.05, 3.63) is 107 Å². The van der Waals surface area contributed by atoms with E-state index in [-0.39, 0.29) is 11.1 Å². The molecule has 0 saturated heterocycles. The van der Waals surface area contributed by atoms with Crippen LogP contribution in [-0.2, 0) is 9.53 Å². The van der Waals surface area contributed by atoms with Crippen molar-refractivity contribution in [2.75, 3.05) is 14.2 Å². The van der Waals surface area contributed by atoms with E-state index in [0.29, 0.717) is 48.5 Å². The molecule has 1 atom stereocenters. The number of nitrogens with zero attached hydrogens (tertiary/aromatic N) is 2. The van der Waals surface area contributed by atoms with E-state index in [1.54, 1.807) is 55.5 Å². The smallest absolute Gasteiger partial charge is 0.338 e. The summed E-state index contributed by atoms with van der Waals surface area (Å²) >= 11 is 7.44. The van der Waals surface area contributed by atoms with Crippen LogP contribution in [0.3, 0.4) is 0 Å². The molecule has 0 radical (unpaired) electrons. The molecule has 2 aromatic carbocycles. The van der Waals surface area contributed by atoms with E-state index in [4.69, 9.17) is 25.5 Å². The first-order chi connectivity index (χ1) is 18.7. The van der Waals surface area contributed by atoms with Gasteiger partial charge in [0, 0.05) is 22.2 Å². The SMILES string of the molecule is COC(=O)C1=C(C)N=c2s/c(=C\c3ccc(-c4cccc(C(=O)O)c4)o3)c(=O)n2[C@H]1c1cc(Cl)ccc1OC. The van der Waals surface area contributed by atoms with Gasteiger partial charge in [-0.3, -0.25) is 9.36 Å². The number of rotatable bonds is 6. The first-order valence-corrected chi connectivity index (χ1v) is 12.8. The van der Waals surface area contributed by atoms with Crippen LogP contribution in [-0.4, -0.2) is 35.8 Å². The maximum atomic E-state index is 13.8. The van der Waals surface area contributed by atoms with E-state index < -0.39 is 23.5 Å². The normalized spacial score (nSPS) is 15.1. The molecule has 0 aliphatic carbocycles. The van der Waals surface area contributed by atoms with Crippen LogP contribution in [0.25, 0.3) is 17.4 Å². The molecule has 0 amide bonds. The second kappa shape index (κ2) is 10.4. The number of furan rings is 1. The average molecular weight is 565 g/mol. The van der Waals surface area contributed by atoms with Crippen molar-refractivity contribution >= 4 is 41.0 Å². The summed E-state index contributed by atoms with van der Waals surface area (Å²) in [4.78, 5) is 42.9. The van der Waals surface area contributed by atoms with Gasteiger partial charge in [0.2, 0.25) is 0 Å². The van der Waals surface area contributed by atoms with Crippen LogP contribution < -0.4 is 19.6 Å². The fourth-order valence-electron chi connectivity index (χ4n) is 4.43. The summed E-state index contributed by atoms with van der Waals surface area (Å²) in [7, 11) is 2.76. The number of aromatic nitrogens is 1. The molecule has 5 rings (SSSR count). The maximum absolute atomic E-state index is 13.8. The summed E-state index contributed by atoms with van der Waals surface area (Å²) in [5.74, 6) is -0.400. The summed E-state index contributed by atoms with van der Waals surface area (Å²) in [5.41, 5.74) is 1.42. The number of halogens is 1. The Morgan fingerprint density at radius 1 is 1.15 bits per heavy atom. The van der Waals surface area contributed by atoms with E-state index in [1.165, 1.54) is 30.9 Å². The second-order valence-corrected chi connectivity index (χ2v) is 9.99. The van der Waals surface area contributed by atoms with Crippen LogP contribution in [0.5, 0.6) is 5.75 Å². The molecule has 0 spiro atoms. The molecule has 2 aromatic heterocycles. The Morgan fingerprint density at radius 2 is 1.95 bits per heavy atom. The lowest BCUT2D eigenvalue weighted by Gasteiger charge is -2.25. The van der Waals surface area contributed by atoms with Crippen LogP contribution in [0.2, 0.25) is 5.02 Å². The van der Waals surface area contributed by atoms with E-state index in [9.17, 15) is 19.5 Å². The Kier molecular flexibility index (Phi) is 6.98. The molecule has 4 aromatic rings. The lowest BCUT2D eigenvalue weighted by Crippen LogP contribution is -2.40. The summed E-state index contributed by atoms with van der Waals surface area (Å²) in [5, 5.41) is 9.68. The molecule has 3 heterocycles. The monoisotopic (exact) mass is 564 g/mol. The van der Waals surface area contributed by atoms with Crippen molar-refractivity contribution in [3.63, 3.8) is 0 Å². The first-order valence-electron chi connectivity index (χ1n) is 11.6. The number of aromatic carboxylic acids is 1. The number of benzene rings is 2.